The maximum atomic E-state index is 11.4. The number of nitrogens with zero attached hydrogens (tertiary/aromatic N) is 1. The van der Waals surface area contributed by atoms with Crippen molar-refractivity contribution in [3.8, 4) is 5.75 Å². The smallest absolute Gasteiger partial charge is 0.269 e. The first-order chi connectivity index (χ1) is 7.74. The Bertz CT molecular complexity index is 402. The fourth-order valence-corrected chi connectivity index (χ4v) is 1.35. The van der Waals surface area contributed by atoms with Crippen molar-refractivity contribution < 1.29 is 9.53 Å². The van der Waals surface area contributed by atoms with Crippen molar-refractivity contribution in [2.24, 2.45) is 5.73 Å². The van der Waals surface area contributed by atoms with E-state index in [9.17, 15) is 4.79 Å². The Kier molecular flexibility index (Phi) is 3.05. The maximum Gasteiger partial charge on any atom is 0.269 e. The second kappa shape index (κ2) is 4.49. The van der Waals surface area contributed by atoms with Gasteiger partial charge in [-0.1, -0.05) is 0 Å². The lowest BCUT2D eigenvalue weighted by molar-refractivity contribution is 0.0957. The summed E-state index contributed by atoms with van der Waals surface area (Å²) in [5.41, 5.74) is 6.77. The summed E-state index contributed by atoms with van der Waals surface area (Å²) >= 11 is 0. The number of amides is 1. The quantitative estimate of drug-likeness (QED) is 0.773. The molecular weight excluding hydrogens is 206 g/mol. The lowest BCUT2D eigenvalue weighted by Crippen LogP contribution is -2.19. The molecule has 5 heteroatoms. The van der Waals surface area contributed by atoms with E-state index in [1.807, 2.05) is 0 Å². The lowest BCUT2D eigenvalue weighted by Gasteiger charge is -2.10. The van der Waals surface area contributed by atoms with Crippen LogP contribution in [0.5, 0.6) is 5.75 Å². The van der Waals surface area contributed by atoms with E-state index >= 15 is 0 Å². The SMILES string of the molecule is CNC(=O)c1cc(OC2CC2)c(CN)cn1. The molecule has 0 atom stereocenters. The van der Waals surface area contributed by atoms with Gasteiger partial charge in [-0.3, -0.25) is 9.78 Å². The Morgan fingerprint density at radius 2 is 2.44 bits per heavy atom. The van der Waals surface area contributed by atoms with Crippen molar-refractivity contribution >= 4 is 5.91 Å². The molecule has 0 aliphatic heterocycles. The van der Waals surface area contributed by atoms with Crippen LogP contribution in [0.3, 0.4) is 0 Å². The third-order valence-corrected chi connectivity index (χ3v) is 2.44. The zero-order valence-electron chi connectivity index (χ0n) is 9.19. The highest BCUT2D eigenvalue weighted by atomic mass is 16.5. The predicted octanol–water partition coefficient (Wildman–Crippen LogP) is 0.441. The Labute approximate surface area is 94.0 Å². The fraction of sp³-hybridized carbons (Fsp3) is 0.455. The first-order valence-corrected chi connectivity index (χ1v) is 5.32. The number of carbonyl (C=O) groups is 1. The average Bonchev–Trinajstić information content (AvgIpc) is 3.12. The van der Waals surface area contributed by atoms with Crippen molar-refractivity contribution in [3.05, 3.63) is 23.5 Å². The molecule has 16 heavy (non-hydrogen) atoms. The molecule has 1 aromatic rings. The molecule has 0 bridgehead atoms. The number of hydrogen-bond acceptors (Lipinski definition) is 4. The monoisotopic (exact) mass is 221 g/mol. The van der Waals surface area contributed by atoms with E-state index in [1.165, 1.54) is 0 Å². The predicted molar refractivity (Wildman–Crippen MR) is 59.2 cm³/mol. The summed E-state index contributed by atoms with van der Waals surface area (Å²) in [7, 11) is 1.57. The van der Waals surface area contributed by atoms with E-state index in [0.717, 1.165) is 18.4 Å². The van der Waals surface area contributed by atoms with Gasteiger partial charge >= 0.3 is 0 Å². The zero-order chi connectivity index (χ0) is 11.5. The van der Waals surface area contributed by atoms with Crippen LogP contribution in [0.15, 0.2) is 12.3 Å². The van der Waals surface area contributed by atoms with Gasteiger partial charge in [-0.15, -0.1) is 0 Å². The summed E-state index contributed by atoms with van der Waals surface area (Å²) in [6, 6.07) is 1.65. The van der Waals surface area contributed by atoms with E-state index in [-0.39, 0.29) is 12.0 Å². The van der Waals surface area contributed by atoms with Crippen molar-refractivity contribution in [1.82, 2.24) is 10.3 Å². The average molecular weight is 221 g/mol. The highest BCUT2D eigenvalue weighted by molar-refractivity contribution is 5.92. The van der Waals surface area contributed by atoms with Crippen molar-refractivity contribution in [3.63, 3.8) is 0 Å². The molecule has 86 valence electrons. The number of pyridine rings is 1. The van der Waals surface area contributed by atoms with Gasteiger partial charge in [-0.25, -0.2) is 0 Å². The molecule has 0 unspecified atom stereocenters. The maximum absolute atomic E-state index is 11.4. The van der Waals surface area contributed by atoms with Crippen LogP contribution in [0.4, 0.5) is 0 Å². The number of nitrogens with two attached hydrogens (primary N) is 1. The fourth-order valence-electron chi connectivity index (χ4n) is 1.35. The van der Waals surface area contributed by atoms with Gasteiger partial charge in [0.2, 0.25) is 0 Å². The van der Waals surface area contributed by atoms with E-state index < -0.39 is 0 Å². The molecule has 1 aromatic heterocycles. The second-order valence-corrected chi connectivity index (χ2v) is 3.78. The molecule has 0 saturated heterocycles. The van der Waals surface area contributed by atoms with Gasteiger partial charge in [0, 0.05) is 31.4 Å². The normalized spacial score (nSPS) is 14.6. The number of ether oxygens (including phenoxy) is 1. The minimum absolute atomic E-state index is 0.218. The highest BCUT2D eigenvalue weighted by Crippen LogP contribution is 2.29. The Morgan fingerprint density at radius 1 is 1.69 bits per heavy atom. The summed E-state index contributed by atoms with van der Waals surface area (Å²) in [6.07, 6.45) is 4.02. The molecule has 5 nitrogen and oxygen atoms in total. The summed E-state index contributed by atoms with van der Waals surface area (Å²) in [5, 5.41) is 2.53. The van der Waals surface area contributed by atoms with Gasteiger partial charge < -0.3 is 15.8 Å². The Hall–Kier alpha value is -1.62. The third-order valence-electron chi connectivity index (χ3n) is 2.44. The topological polar surface area (TPSA) is 77.2 Å². The molecule has 0 aromatic carbocycles. The van der Waals surface area contributed by atoms with Crippen LogP contribution in [0.2, 0.25) is 0 Å². The Morgan fingerprint density at radius 3 is 3.00 bits per heavy atom. The summed E-state index contributed by atoms with van der Waals surface area (Å²) < 4.78 is 5.68. The molecule has 0 radical (unpaired) electrons. The van der Waals surface area contributed by atoms with Crippen LogP contribution in [0.25, 0.3) is 0 Å². The highest BCUT2D eigenvalue weighted by Gasteiger charge is 2.25. The number of carbonyl (C=O) groups excluding carboxylic acids is 1. The number of rotatable bonds is 4. The van der Waals surface area contributed by atoms with Gasteiger partial charge in [-0.2, -0.15) is 0 Å². The molecule has 1 heterocycles. The van der Waals surface area contributed by atoms with Crippen LogP contribution < -0.4 is 15.8 Å². The lowest BCUT2D eigenvalue weighted by atomic mass is 10.2. The van der Waals surface area contributed by atoms with Crippen molar-refractivity contribution in [2.45, 2.75) is 25.5 Å². The molecule has 3 N–H and O–H groups in total. The number of nitrogens with one attached hydrogen (secondary N) is 1. The summed E-state index contributed by atoms with van der Waals surface area (Å²) in [4.78, 5) is 15.4. The number of aromatic nitrogens is 1. The van der Waals surface area contributed by atoms with E-state index in [2.05, 4.69) is 10.3 Å². The summed E-state index contributed by atoms with van der Waals surface area (Å²) in [6.45, 7) is 0.364. The van der Waals surface area contributed by atoms with E-state index in [4.69, 9.17) is 10.5 Å². The molecule has 1 aliphatic carbocycles. The molecule has 0 spiro atoms. The standard InChI is InChI=1S/C11H15N3O2/c1-13-11(15)9-4-10(16-8-2-3-8)7(5-12)6-14-9/h4,6,8H,2-3,5,12H2,1H3,(H,13,15). The van der Waals surface area contributed by atoms with Crippen LogP contribution in [0.1, 0.15) is 28.9 Å². The van der Waals surface area contributed by atoms with Crippen molar-refractivity contribution in [1.29, 1.82) is 0 Å². The van der Waals surface area contributed by atoms with Crippen LogP contribution >= 0.6 is 0 Å². The first-order valence-electron chi connectivity index (χ1n) is 5.32. The van der Waals surface area contributed by atoms with Gasteiger partial charge in [0.05, 0.1) is 6.10 Å². The van der Waals surface area contributed by atoms with Gasteiger partial charge in [0.25, 0.3) is 5.91 Å². The van der Waals surface area contributed by atoms with Gasteiger partial charge in [0.1, 0.15) is 11.4 Å². The van der Waals surface area contributed by atoms with Crippen LogP contribution in [-0.4, -0.2) is 24.0 Å². The number of hydrogen-bond donors (Lipinski definition) is 2. The van der Waals surface area contributed by atoms with Crippen LogP contribution in [-0.2, 0) is 6.54 Å². The van der Waals surface area contributed by atoms with E-state index in [0.29, 0.717) is 18.0 Å². The molecule has 1 amide bonds. The molecule has 1 saturated carbocycles. The Balaban J connectivity index is 2.25. The second-order valence-electron chi connectivity index (χ2n) is 3.78. The third kappa shape index (κ3) is 2.30. The first kappa shape index (κ1) is 10.9. The molecule has 2 rings (SSSR count). The van der Waals surface area contributed by atoms with Crippen LogP contribution in [0, 0.1) is 0 Å². The molecular formula is C11H15N3O2. The molecule has 1 fully saturated rings. The van der Waals surface area contributed by atoms with Gasteiger partial charge in [0.15, 0.2) is 0 Å². The molecule has 1 aliphatic rings. The van der Waals surface area contributed by atoms with E-state index in [1.54, 1.807) is 19.3 Å². The zero-order valence-corrected chi connectivity index (χ0v) is 9.19. The largest absolute Gasteiger partial charge is 0.490 e. The minimum Gasteiger partial charge on any atom is -0.490 e. The van der Waals surface area contributed by atoms with Crippen molar-refractivity contribution in [2.75, 3.05) is 7.05 Å². The summed E-state index contributed by atoms with van der Waals surface area (Å²) in [5.74, 6) is 0.461. The minimum atomic E-state index is -0.218. The van der Waals surface area contributed by atoms with Gasteiger partial charge in [-0.05, 0) is 12.8 Å².